The molecule has 0 bridgehead atoms. The zero-order chi connectivity index (χ0) is 21.4. The minimum Gasteiger partial charge on any atom is -0.316 e. The van der Waals surface area contributed by atoms with E-state index in [-0.39, 0.29) is 11.3 Å². The Morgan fingerprint density at radius 3 is 2.50 bits per heavy atom. The first-order valence-corrected chi connectivity index (χ1v) is 9.13. The van der Waals surface area contributed by atoms with Gasteiger partial charge in [-0.2, -0.15) is 0 Å². The molecule has 4 rings (SSSR count). The fourth-order valence-corrected chi connectivity index (χ4v) is 3.48. The van der Waals surface area contributed by atoms with Crippen molar-refractivity contribution in [3.8, 4) is 5.69 Å². The zero-order valence-corrected chi connectivity index (χ0v) is 16.2. The fourth-order valence-electron chi connectivity index (χ4n) is 3.48. The molecule has 1 aromatic carbocycles. The molecule has 7 nitrogen and oxygen atoms in total. The van der Waals surface area contributed by atoms with E-state index in [0.717, 1.165) is 28.0 Å². The van der Waals surface area contributed by atoms with E-state index >= 15 is 0 Å². The van der Waals surface area contributed by atoms with Crippen LogP contribution in [0.2, 0.25) is 0 Å². The van der Waals surface area contributed by atoms with Crippen molar-refractivity contribution in [3.63, 3.8) is 0 Å². The number of carbonyl (C=O) groups excluding carboxylic acids is 3. The van der Waals surface area contributed by atoms with Gasteiger partial charge in [0.25, 0.3) is 11.8 Å². The average Bonchev–Trinajstić information content (AvgIpc) is 2.99. The Labute approximate surface area is 171 Å². The molecule has 3 aromatic rings. The molecule has 1 aliphatic rings. The highest BCUT2D eigenvalue weighted by Gasteiger charge is 2.37. The van der Waals surface area contributed by atoms with Gasteiger partial charge in [0.05, 0.1) is 17.6 Å². The first kappa shape index (κ1) is 19.3. The summed E-state index contributed by atoms with van der Waals surface area (Å²) in [6, 6.07) is 9.67. The van der Waals surface area contributed by atoms with E-state index in [1.807, 2.05) is 36.6 Å². The van der Waals surface area contributed by atoms with Gasteiger partial charge >= 0.3 is 6.03 Å². The smallest absolute Gasteiger partial charge is 0.316 e. The Kier molecular flexibility index (Phi) is 4.75. The molecule has 0 radical (unpaired) electrons. The van der Waals surface area contributed by atoms with Crippen LogP contribution < -0.4 is 10.2 Å². The quantitative estimate of drug-likeness (QED) is 0.536. The topological polar surface area (TPSA) is 84.3 Å². The van der Waals surface area contributed by atoms with Crippen LogP contribution in [0.4, 0.5) is 14.9 Å². The van der Waals surface area contributed by atoms with Crippen molar-refractivity contribution in [1.29, 1.82) is 0 Å². The lowest BCUT2D eigenvalue weighted by atomic mass is 10.1. The minimum atomic E-state index is -0.923. The summed E-state index contributed by atoms with van der Waals surface area (Å²) in [5.74, 6) is -2.22. The molecule has 30 heavy (non-hydrogen) atoms. The number of hydrogen-bond donors (Lipinski definition) is 1. The van der Waals surface area contributed by atoms with Crippen molar-refractivity contribution in [2.75, 3.05) is 4.90 Å². The van der Waals surface area contributed by atoms with Crippen molar-refractivity contribution >= 4 is 29.6 Å². The van der Waals surface area contributed by atoms with Gasteiger partial charge in [0.1, 0.15) is 11.4 Å². The molecule has 2 aromatic heterocycles. The maximum absolute atomic E-state index is 13.6. The molecule has 1 aliphatic heterocycles. The highest BCUT2D eigenvalue weighted by atomic mass is 19.1. The SMILES string of the molecule is Cc1cc(/C=C2\C(=O)NC(=O)N(c3cccc(F)c3)C2=O)c(C)n1-c1cccnc1. The van der Waals surface area contributed by atoms with Gasteiger partial charge in [-0.1, -0.05) is 6.07 Å². The van der Waals surface area contributed by atoms with Gasteiger partial charge in [0.15, 0.2) is 0 Å². The zero-order valence-electron chi connectivity index (χ0n) is 16.2. The Bertz CT molecular complexity index is 1210. The van der Waals surface area contributed by atoms with Gasteiger partial charge in [0.2, 0.25) is 0 Å². The molecule has 8 heteroatoms. The second-order valence-electron chi connectivity index (χ2n) is 6.81. The van der Waals surface area contributed by atoms with Crippen LogP contribution in [0, 0.1) is 19.7 Å². The molecular formula is C22H17FN4O3. The lowest BCUT2D eigenvalue weighted by Gasteiger charge is -2.26. The second kappa shape index (κ2) is 7.40. The Balaban J connectivity index is 1.77. The van der Waals surface area contributed by atoms with E-state index < -0.39 is 23.7 Å². The summed E-state index contributed by atoms with van der Waals surface area (Å²) in [5.41, 5.74) is 2.98. The van der Waals surface area contributed by atoms with E-state index in [1.165, 1.54) is 24.3 Å². The van der Waals surface area contributed by atoms with E-state index in [9.17, 15) is 18.8 Å². The second-order valence-corrected chi connectivity index (χ2v) is 6.81. The molecule has 0 spiro atoms. The van der Waals surface area contributed by atoms with Gasteiger partial charge in [0, 0.05) is 17.6 Å². The number of aromatic nitrogens is 2. The highest BCUT2D eigenvalue weighted by molar-refractivity contribution is 6.39. The number of hydrogen-bond acceptors (Lipinski definition) is 4. The number of halogens is 1. The van der Waals surface area contributed by atoms with Gasteiger partial charge < -0.3 is 4.57 Å². The van der Waals surface area contributed by atoms with Crippen LogP contribution in [0.1, 0.15) is 17.0 Å². The van der Waals surface area contributed by atoms with Crippen LogP contribution in [0.3, 0.4) is 0 Å². The molecule has 0 aliphatic carbocycles. The van der Waals surface area contributed by atoms with Crippen LogP contribution in [0.25, 0.3) is 11.8 Å². The van der Waals surface area contributed by atoms with Crippen LogP contribution in [-0.2, 0) is 9.59 Å². The molecule has 3 heterocycles. The Morgan fingerprint density at radius 1 is 1.03 bits per heavy atom. The standard InChI is InChI=1S/C22H17FN4O3/c1-13-9-15(14(2)26(13)18-7-4-8-24-12-18)10-19-20(28)25-22(30)27(21(19)29)17-6-3-5-16(23)11-17/h3-12H,1-2H3,(H,25,28,30)/b19-10+. The van der Waals surface area contributed by atoms with E-state index in [4.69, 9.17) is 0 Å². The summed E-state index contributed by atoms with van der Waals surface area (Å²) < 4.78 is 15.5. The van der Waals surface area contributed by atoms with Crippen molar-refractivity contribution in [3.05, 3.63) is 83.2 Å². The first-order chi connectivity index (χ1) is 14.4. The summed E-state index contributed by atoms with van der Waals surface area (Å²) >= 11 is 0. The van der Waals surface area contributed by atoms with Crippen LogP contribution in [-0.4, -0.2) is 27.4 Å². The molecule has 0 unspecified atom stereocenters. The number of nitrogens with zero attached hydrogens (tertiary/aromatic N) is 3. The number of amides is 4. The number of imide groups is 2. The number of carbonyl (C=O) groups is 3. The maximum Gasteiger partial charge on any atom is 0.335 e. The van der Waals surface area contributed by atoms with Gasteiger partial charge in [-0.05, 0) is 61.9 Å². The molecule has 1 N–H and O–H groups in total. The predicted molar refractivity (Wildman–Crippen MR) is 108 cm³/mol. The number of anilines is 1. The van der Waals surface area contributed by atoms with Crippen LogP contribution in [0.15, 0.2) is 60.4 Å². The van der Waals surface area contributed by atoms with Crippen molar-refractivity contribution in [2.24, 2.45) is 0 Å². The number of benzene rings is 1. The molecule has 0 saturated carbocycles. The number of barbiturate groups is 1. The number of urea groups is 1. The van der Waals surface area contributed by atoms with Gasteiger partial charge in [-0.25, -0.2) is 14.1 Å². The minimum absolute atomic E-state index is 0.0386. The van der Waals surface area contributed by atoms with Gasteiger partial charge in [-0.3, -0.25) is 19.9 Å². The van der Waals surface area contributed by atoms with Gasteiger partial charge in [-0.15, -0.1) is 0 Å². The Hall–Kier alpha value is -4.07. The number of nitrogens with one attached hydrogen (secondary N) is 1. The summed E-state index contributed by atoms with van der Waals surface area (Å²) in [6.45, 7) is 3.75. The van der Waals surface area contributed by atoms with E-state index in [2.05, 4.69) is 10.3 Å². The van der Waals surface area contributed by atoms with Crippen LogP contribution >= 0.6 is 0 Å². The maximum atomic E-state index is 13.6. The molecular weight excluding hydrogens is 387 g/mol. The largest absolute Gasteiger partial charge is 0.335 e. The third kappa shape index (κ3) is 3.28. The number of pyridine rings is 1. The van der Waals surface area contributed by atoms with Crippen LogP contribution in [0.5, 0.6) is 0 Å². The lowest BCUT2D eigenvalue weighted by molar-refractivity contribution is -0.122. The van der Waals surface area contributed by atoms with Crippen molar-refractivity contribution < 1.29 is 18.8 Å². The first-order valence-electron chi connectivity index (χ1n) is 9.13. The van der Waals surface area contributed by atoms with Crippen molar-refractivity contribution in [1.82, 2.24) is 14.9 Å². The summed E-state index contributed by atoms with van der Waals surface area (Å²) in [7, 11) is 0. The monoisotopic (exact) mass is 404 g/mol. The summed E-state index contributed by atoms with van der Waals surface area (Å²) in [4.78, 5) is 42.5. The number of rotatable bonds is 3. The van der Waals surface area contributed by atoms with E-state index in [1.54, 1.807) is 12.4 Å². The van der Waals surface area contributed by atoms with Crippen molar-refractivity contribution in [2.45, 2.75) is 13.8 Å². The fraction of sp³-hybridized carbons (Fsp3) is 0.0909. The molecule has 1 saturated heterocycles. The highest BCUT2D eigenvalue weighted by Crippen LogP contribution is 2.26. The van der Waals surface area contributed by atoms with E-state index in [0.29, 0.717) is 5.56 Å². The predicted octanol–water partition coefficient (Wildman–Crippen LogP) is 3.29. The summed E-state index contributed by atoms with van der Waals surface area (Å²) in [5, 5.41) is 2.14. The third-order valence-corrected chi connectivity index (χ3v) is 4.84. The molecule has 1 fully saturated rings. The normalized spacial score (nSPS) is 15.6. The average molecular weight is 404 g/mol. The molecule has 150 valence electrons. The number of aryl methyl sites for hydroxylation is 1. The summed E-state index contributed by atoms with van der Waals surface area (Å²) in [6.07, 6.45) is 4.81. The molecule has 0 atom stereocenters. The molecule has 4 amide bonds. The third-order valence-electron chi connectivity index (χ3n) is 4.84. The Morgan fingerprint density at radius 2 is 1.80 bits per heavy atom. The lowest BCUT2D eigenvalue weighted by Crippen LogP contribution is -2.54.